The van der Waals surface area contributed by atoms with Gasteiger partial charge in [-0.3, -0.25) is 0 Å². The van der Waals surface area contributed by atoms with Gasteiger partial charge in [0.15, 0.2) is 0 Å². The van der Waals surface area contributed by atoms with Gasteiger partial charge in [-0.05, 0) is 57.3 Å². The lowest BCUT2D eigenvalue weighted by Gasteiger charge is -2.38. The molecule has 1 atom stereocenters. The Morgan fingerprint density at radius 1 is 1.42 bits per heavy atom. The lowest BCUT2D eigenvalue weighted by molar-refractivity contribution is 0.0381. The van der Waals surface area contributed by atoms with Crippen LogP contribution in [0, 0.1) is 12.6 Å². The lowest BCUT2D eigenvalue weighted by atomic mass is 9.80. The van der Waals surface area contributed by atoms with Gasteiger partial charge in [0.1, 0.15) is 12.4 Å². The maximum absolute atomic E-state index is 11.4. The van der Waals surface area contributed by atoms with Crippen LogP contribution in [0.4, 0.5) is 4.79 Å². The van der Waals surface area contributed by atoms with Crippen molar-refractivity contribution in [1.82, 2.24) is 5.32 Å². The molecule has 0 bridgehead atoms. The van der Waals surface area contributed by atoms with E-state index in [0.29, 0.717) is 6.61 Å². The van der Waals surface area contributed by atoms with Crippen molar-refractivity contribution in [2.24, 2.45) is 5.41 Å². The van der Waals surface area contributed by atoms with Crippen LogP contribution in [0.15, 0.2) is 12.1 Å². The molecule has 0 spiro atoms. The first-order chi connectivity index (χ1) is 8.31. The summed E-state index contributed by atoms with van der Waals surface area (Å²) < 4.78 is 6.82. The van der Waals surface area contributed by atoms with Gasteiger partial charge in [0, 0.05) is 14.5 Å². The SMILES string of the molecule is CC1(C)COC(=O)N[C@@H]1c1cc(I)cc(I)c1O.Cl. The summed E-state index contributed by atoms with van der Waals surface area (Å²) in [6.45, 7) is 4.34. The van der Waals surface area contributed by atoms with E-state index in [9.17, 15) is 9.90 Å². The number of benzene rings is 1. The Bertz CT molecular complexity index is 508. The van der Waals surface area contributed by atoms with E-state index in [-0.39, 0.29) is 29.6 Å². The molecular weight excluding hydrogens is 495 g/mol. The number of hydrogen-bond donors (Lipinski definition) is 2. The summed E-state index contributed by atoms with van der Waals surface area (Å²) in [5.74, 6) is 0.233. The first-order valence-corrected chi connectivity index (χ1v) is 7.58. The first kappa shape index (κ1) is 17.1. The fourth-order valence-electron chi connectivity index (χ4n) is 1.99. The van der Waals surface area contributed by atoms with Gasteiger partial charge in [0.2, 0.25) is 0 Å². The molecular formula is C12H14ClI2NO3. The van der Waals surface area contributed by atoms with Crippen LogP contribution in [-0.2, 0) is 4.74 Å². The number of phenols is 1. The highest BCUT2D eigenvalue weighted by molar-refractivity contribution is 14.1. The number of amides is 1. The largest absolute Gasteiger partial charge is 0.506 e. The van der Waals surface area contributed by atoms with Crippen molar-refractivity contribution in [2.45, 2.75) is 19.9 Å². The van der Waals surface area contributed by atoms with Crippen LogP contribution in [0.3, 0.4) is 0 Å². The van der Waals surface area contributed by atoms with Crippen molar-refractivity contribution in [3.8, 4) is 5.75 Å². The molecule has 2 rings (SSSR count). The van der Waals surface area contributed by atoms with Gasteiger partial charge in [0.25, 0.3) is 0 Å². The van der Waals surface area contributed by atoms with E-state index < -0.39 is 6.09 Å². The molecule has 1 aromatic rings. The summed E-state index contributed by atoms with van der Waals surface area (Å²) in [5, 5.41) is 13.0. The Hall–Kier alpha value is 0.0400. The zero-order valence-electron chi connectivity index (χ0n) is 10.4. The van der Waals surface area contributed by atoms with E-state index in [0.717, 1.165) is 12.7 Å². The molecule has 2 N–H and O–H groups in total. The highest BCUT2D eigenvalue weighted by atomic mass is 127. The molecule has 106 valence electrons. The standard InChI is InChI=1S/C12H13I2NO3.ClH/c1-12(2)5-18-11(17)15-10(12)7-3-6(13)4-8(14)9(7)16;/h3-4,10,16H,5H2,1-2H3,(H,15,17);1H/t10-;/m1./s1. The van der Waals surface area contributed by atoms with E-state index in [1.54, 1.807) is 0 Å². The predicted molar refractivity (Wildman–Crippen MR) is 91.8 cm³/mol. The Morgan fingerprint density at radius 3 is 2.68 bits per heavy atom. The Balaban J connectivity index is 0.00000180. The van der Waals surface area contributed by atoms with Crippen LogP contribution in [0.2, 0.25) is 0 Å². The first-order valence-electron chi connectivity index (χ1n) is 5.42. The molecule has 4 nitrogen and oxygen atoms in total. The Labute approximate surface area is 145 Å². The molecule has 1 aromatic carbocycles. The second-order valence-electron chi connectivity index (χ2n) is 4.97. The molecule has 0 saturated carbocycles. The van der Waals surface area contributed by atoms with Crippen LogP contribution in [0.1, 0.15) is 25.5 Å². The van der Waals surface area contributed by atoms with Crippen LogP contribution in [0.25, 0.3) is 0 Å². The number of cyclic esters (lactones) is 1. The minimum Gasteiger partial charge on any atom is -0.506 e. The topological polar surface area (TPSA) is 58.6 Å². The zero-order chi connectivity index (χ0) is 13.5. The van der Waals surface area contributed by atoms with Crippen molar-refractivity contribution in [1.29, 1.82) is 0 Å². The highest BCUT2D eigenvalue weighted by Gasteiger charge is 2.39. The van der Waals surface area contributed by atoms with Gasteiger partial charge >= 0.3 is 6.09 Å². The molecule has 7 heteroatoms. The summed E-state index contributed by atoms with van der Waals surface area (Å²) in [6, 6.07) is 3.55. The van der Waals surface area contributed by atoms with E-state index >= 15 is 0 Å². The quantitative estimate of drug-likeness (QED) is 0.566. The van der Waals surface area contributed by atoms with Gasteiger partial charge in [-0.15, -0.1) is 12.4 Å². The molecule has 1 amide bonds. The van der Waals surface area contributed by atoms with Crippen LogP contribution in [-0.4, -0.2) is 17.8 Å². The number of rotatable bonds is 1. The molecule has 1 aliphatic rings. The highest BCUT2D eigenvalue weighted by Crippen LogP contribution is 2.41. The third kappa shape index (κ3) is 3.57. The number of carbonyl (C=O) groups excluding carboxylic acids is 1. The number of phenolic OH excluding ortho intramolecular Hbond substituents is 1. The molecule has 0 aliphatic carbocycles. The Morgan fingerprint density at radius 2 is 2.05 bits per heavy atom. The monoisotopic (exact) mass is 509 g/mol. The zero-order valence-corrected chi connectivity index (χ0v) is 15.5. The van der Waals surface area contributed by atoms with E-state index in [2.05, 4.69) is 50.5 Å². The van der Waals surface area contributed by atoms with Crippen molar-refractivity contribution < 1.29 is 14.6 Å². The van der Waals surface area contributed by atoms with Crippen LogP contribution in [0.5, 0.6) is 5.75 Å². The van der Waals surface area contributed by atoms with Gasteiger partial charge in [-0.25, -0.2) is 4.79 Å². The van der Waals surface area contributed by atoms with Gasteiger partial charge in [-0.2, -0.15) is 0 Å². The summed E-state index contributed by atoms with van der Waals surface area (Å²) >= 11 is 4.29. The summed E-state index contributed by atoms with van der Waals surface area (Å²) in [7, 11) is 0. The van der Waals surface area contributed by atoms with Crippen molar-refractivity contribution in [3.63, 3.8) is 0 Å². The van der Waals surface area contributed by atoms with Gasteiger partial charge in [0.05, 0.1) is 9.61 Å². The molecule has 19 heavy (non-hydrogen) atoms. The smallest absolute Gasteiger partial charge is 0.407 e. The number of carbonyl (C=O) groups is 1. The molecule has 1 saturated heterocycles. The minimum absolute atomic E-state index is 0. The van der Waals surface area contributed by atoms with Gasteiger partial charge in [-0.1, -0.05) is 13.8 Å². The minimum atomic E-state index is -0.437. The van der Waals surface area contributed by atoms with Crippen LogP contribution < -0.4 is 5.32 Å². The lowest BCUT2D eigenvalue weighted by Crippen LogP contribution is -2.47. The maximum Gasteiger partial charge on any atom is 0.407 e. The van der Waals surface area contributed by atoms with Crippen LogP contribution >= 0.6 is 57.6 Å². The molecule has 0 unspecified atom stereocenters. The number of halogens is 3. The summed E-state index contributed by atoms with van der Waals surface area (Å²) in [4.78, 5) is 11.4. The van der Waals surface area contributed by atoms with Crippen molar-refractivity contribution in [2.75, 3.05) is 6.61 Å². The Kier molecular flexibility index (Phi) is 5.59. The third-order valence-corrected chi connectivity index (χ3v) is 4.43. The van der Waals surface area contributed by atoms with E-state index in [1.165, 1.54) is 0 Å². The maximum atomic E-state index is 11.4. The summed E-state index contributed by atoms with van der Waals surface area (Å²) in [5.41, 5.74) is 0.478. The molecule has 0 aromatic heterocycles. The number of alkyl carbamates (subject to hydrolysis) is 1. The van der Waals surface area contributed by atoms with Gasteiger partial charge < -0.3 is 15.2 Å². The van der Waals surface area contributed by atoms with Crippen molar-refractivity contribution >= 4 is 63.7 Å². The fraction of sp³-hybridized carbons (Fsp3) is 0.417. The van der Waals surface area contributed by atoms with E-state index in [1.807, 2.05) is 26.0 Å². The van der Waals surface area contributed by atoms with Crippen molar-refractivity contribution in [3.05, 3.63) is 24.8 Å². The molecule has 1 heterocycles. The number of aromatic hydroxyl groups is 1. The molecule has 0 radical (unpaired) electrons. The van der Waals surface area contributed by atoms with E-state index in [4.69, 9.17) is 4.74 Å². The average molecular weight is 510 g/mol. The molecule has 1 aliphatic heterocycles. The second kappa shape index (κ2) is 6.21. The normalized spacial score (nSPS) is 21.1. The second-order valence-corrected chi connectivity index (χ2v) is 7.38. The summed E-state index contributed by atoms with van der Waals surface area (Å²) in [6.07, 6.45) is -0.437. The number of ether oxygens (including phenoxy) is 1. The number of hydrogen-bond acceptors (Lipinski definition) is 3. The number of nitrogens with one attached hydrogen (secondary N) is 1. The molecule has 1 fully saturated rings. The average Bonchev–Trinajstić information content (AvgIpc) is 2.27. The third-order valence-electron chi connectivity index (χ3n) is 2.99. The fourth-order valence-corrected chi connectivity index (χ4v) is 3.88. The predicted octanol–water partition coefficient (Wildman–Crippen LogP) is 3.83.